The second-order valence-corrected chi connectivity index (χ2v) is 7.08. The minimum Gasteiger partial charge on any atom is -0.493 e. The van der Waals surface area contributed by atoms with Gasteiger partial charge in [-0.15, -0.1) is 24.0 Å². The van der Waals surface area contributed by atoms with Crippen LogP contribution in [-0.2, 0) is 11.2 Å². The maximum Gasteiger partial charge on any atom is 0.248 e. The van der Waals surface area contributed by atoms with Crippen LogP contribution in [0.2, 0.25) is 0 Å². The first-order chi connectivity index (χ1) is 14.6. The van der Waals surface area contributed by atoms with Gasteiger partial charge in [-0.2, -0.15) is 0 Å². The topological polar surface area (TPSA) is 75.2 Å². The number of hydrogen-bond acceptors (Lipinski definition) is 4. The number of nitrogens with zero attached hydrogens (tertiary/aromatic N) is 2. The highest BCUT2D eigenvalue weighted by Gasteiger charge is 2.23. The first kappa shape index (κ1) is 24.8. The van der Waals surface area contributed by atoms with Gasteiger partial charge >= 0.3 is 0 Å². The van der Waals surface area contributed by atoms with Crippen molar-refractivity contribution in [1.29, 1.82) is 0 Å². The van der Waals surface area contributed by atoms with E-state index in [9.17, 15) is 4.79 Å². The molecule has 0 radical (unpaired) electrons. The Morgan fingerprint density at radius 2 is 1.84 bits per heavy atom. The Morgan fingerprint density at radius 1 is 1.13 bits per heavy atom. The molecule has 0 aromatic heterocycles. The van der Waals surface area contributed by atoms with Crippen molar-refractivity contribution in [2.45, 2.75) is 26.4 Å². The van der Waals surface area contributed by atoms with Crippen LogP contribution in [0.15, 0.2) is 53.5 Å². The van der Waals surface area contributed by atoms with Crippen LogP contribution in [0, 0.1) is 0 Å². The normalized spacial score (nSPS) is 13.6. The Balaban J connectivity index is 0.00000341. The second kappa shape index (κ2) is 12.4. The minimum atomic E-state index is -0.119. The molecule has 168 valence electrons. The van der Waals surface area contributed by atoms with Gasteiger partial charge in [0.1, 0.15) is 12.6 Å². The lowest BCUT2D eigenvalue weighted by Gasteiger charge is -2.19. The van der Waals surface area contributed by atoms with Crippen LogP contribution in [0.1, 0.15) is 19.4 Å². The average molecular weight is 538 g/mol. The molecule has 1 aliphatic heterocycles. The Hall–Kier alpha value is -2.49. The van der Waals surface area contributed by atoms with Gasteiger partial charge in [-0.1, -0.05) is 30.3 Å². The molecule has 2 N–H and O–H groups in total. The van der Waals surface area contributed by atoms with Crippen molar-refractivity contribution in [2.24, 2.45) is 4.99 Å². The lowest BCUT2D eigenvalue weighted by Crippen LogP contribution is -2.42. The predicted octanol–water partition coefficient (Wildman–Crippen LogP) is 3.22. The van der Waals surface area contributed by atoms with E-state index in [2.05, 4.69) is 21.7 Å². The number of nitrogens with one attached hydrogen (secondary N) is 2. The number of halogens is 1. The summed E-state index contributed by atoms with van der Waals surface area (Å²) in [6, 6.07) is 15.6. The summed E-state index contributed by atoms with van der Waals surface area (Å²) in [5.41, 5.74) is 2.21. The zero-order valence-electron chi connectivity index (χ0n) is 18.3. The highest BCUT2D eigenvalue weighted by atomic mass is 127. The van der Waals surface area contributed by atoms with Crippen LogP contribution in [-0.4, -0.2) is 51.3 Å². The summed E-state index contributed by atoms with van der Waals surface area (Å²) in [4.78, 5) is 19.0. The van der Waals surface area contributed by atoms with E-state index >= 15 is 0 Å². The van der Waals surface area contributed by atoms with E-state index in [0.29, 0.717) is 37.1 Å². The summed E-state index contributed by atoms with van der Waals surface area (Å²) in [5.74, 6) is 1.98. The van der Waals surface area contributed by atoms with Crippen LogP contribution >= 0.6 is 24.0 Å². The number of amides is 1. The van der Waals surface area contributed by atoms with Gasteiger partial charge in [0.15, 0.2) is 17.5 Å². The number of guanidine groups is 1. The van der Waals surface area contributed by atoms with Crippen LogP contribution in [0.5, 0.6) is 11.5 Å². The molecule has 7 nitrogen and oxygen atoms in total. The molecule has 31 heavy (non-hydrogen) atoms. The Bertz CT molecular complexity index is 891. The summed E-state index contributed by atoms with van der Waals surface area (Å²) < 4.78 is 11.3. The largest absolute Gasteiger partial charge is 0.493 e. The number of benzene rings is 2. The fourth-order valence-corrected chi connectivity index (χ4v) is 3.39. The van der Waals surface area contributed by atoms with Gasteiger partial charge in [0.2, 0.25) is 5.91 Å². The highest BCUT2D eigenvalue weighted by molar-refractivity contribution is 14.0. The van der Waals surface area contributed by atoms with Crippen molar-refractivity contribution in [3.8, 4) is 11.5 Å². The minimum absolute atomic E-state index is 0. The second-order valence-electron chi connectivity index (χ2n) is 7.08. The van der Waals surface area contributed by atoms with Crippen molar-refractivity contribution in [1.82, 2.24) is 10.6 Å². The molecule has 8 heteroatoms. The first-order valence-electron chi connectivity index (χ1n) is 10.3. The van der Waals surface area contributed by atoms with Gasteiger partial charge in [-0.05, 0) is 44.0 Å². The number of fused-ring (bicyclic) bond motifs is 1. The molecule has 0 aliphatic carbocycles. The molecule has 2 aromatic carbocycles. The molecule has 1 amide bonds. The van der Waals surface area contributed by atoms with Crippen molar-refractivity contribution < 1.29 is 14.3 Å². The SMILES string of the molecule is CCNC(=NCC(=O)N1CCc2ccccc21)NCC(C)Oc1ccccc1OC.I. The van der Waals surface area contributed by atoms with Crippen molar-refractivity contribution in [2.75, 3.05) is 38.2 Å². The first-order valence-corrected chi connectivity index (χ1v) is 10.3. The zero-order valence-corrected chi connectivity index (χ0v) is 20.6. The lowest BCUT2D eigenvalue weighted by atomic mass is 10.2. The van der Waals surface area contributed by atoms with E-state index < -0.39 is 0 Å². The summed E-state index contributed by atoms with van der Waals surface area (Å²) in [7, 11) is 1.62. The van der Waals surface area contributed by atoms with Crippen LogP contribution in [0.3, 0.4) is 0 Å². The molecular weight excluding hydrogens is 507 g/mol. The number of methoxy groups -OCH3 is 1. The van der Waals surface area contributed by atoms with Gasteiger partial charge in [0.05, 0.1) is 13.7 Å². The number of carbonyl (C=O) groups excluding carboxylic acids is 1. The molecule has 0 spiro atoms. The summed E-state index contributed by atoms with van der Waals surface area (Å²) in [6.45, 7) is 5.99. The van der Waals surface area contributed by atoms with E-state index in [1.165, 1.54) is 5.56 Å². The van der Waals surface area contributed by atoms with Gasteiger partial charge in [-0.25, -0.2) is 4.99 Å². The van der Waals surface area contributed by atoms with Gasteiger partial charge < -0.3 is 25.0 Å². The number of hydrogen-bond donors (Lipinski definition) is 2. The number of ether oxygens (including phenoxy) is 2. The van der Waals surface area contributed by atoms with E-state index in [1.54, 1.807) is 7.11 Å². The molecule has 2 aromatic rings. The Labute approximate surface area is 201 Å². The van der Waals surface area contributed by atoms with E-state index in [4.69, 9.17) is 9.47 Å². The third kappa shape index (κ3) is 6.75. The van der Waals surface area contributed by atoms with E-state index in [0.717, 1.165) is 12.1 Å². The molecule has 0 saturated heterocycles. The van der Waals surface area contributed by atoms with Crippen LogP contribution in [0.25, 0.3) is 0 Å². The van der Waals surface area contributed by atoms with Crippen LogP contribution < -0.4 is 25.0 Å². The molecule has 0 saturated carbocycles. The monoisotopic (exact) mass is 538 g/mol. The summed E-state index contributed by atoms with van der Waals surface area (Å²) in [6.07, 6.45) is 0.771. The number of para-hydroxylation sites is 3. The number of anilines is 1. The third-order valence-corrected chi connectivity index (χ3v) is 4.86. The van der Waals surface area contributed by atoms with Crippen molar-refractivity contribution in [3.63, 3.8) is 0 Å². The van der Waals surface area contributed by atoms with Crippen molar-refractivity contribution in [3.05, 3.63) is 54.1 Å². The maximum atomic E-state index is 12.7. The molecule has 1 aliphatic rings. The predicted molar refractivity (Wildman–Crippen MR) is 135 cm³/mol. The zero-order chi connectivity index (χ0) is 21.3. The van der Waals surface area contributed by atoms with Gasteiger partial charge in [-0.3, -0.25) is 4.79 Å². The Kier molecular flexibility index (Phi) is 9.90. The lowest BCUT2D eigenvalue weighted by molar-refractivity contribution is -0.117. The number of carbonyl (C=O) groups is 1. The van der Waals surface area contributed by atoms with Crippen LogP contribution in [0.4, 0.5) is 5.69 Å². The molecule has 1 atom stereocenters. The smallest absolute Gasteiger partial charge is 0.248 e. The molecule has 1 heterocycles. The molecule has 0 bridgehead atoms. The highest BCUT2D eigenvalue weighted by Crippen LogP contribution is 2.27. The maximum absolute atomic E-state index is 12.7. The average Bonchev–Trinajstić information content (AvgIpc) is 3.20. The summed E-state index contributed by atoms with van der Waals surface area (Å²) >= 11 is 0. The summed E-state index contributed by atoms with van der Waals surface area (Å²) in [5, 5.41) is 6.42. The quantitative estimate of drug-likeness (QED) is 0.307. The van der Waals surface area contributed by atoms with Gasteiger partial charge in [0, 0.05) is 18.8 Å². The molecular formula is C23H31IN4O3. The molecule has 3 rings (SSSR count). The number of rotatable bonds is 8. The third-order valence-electron chi connectivity index (χ3n) is 4.86. The number of aliphatic imine (C=N–C) groups is 1. The van der Waals surface area contributed by atoms with E-state index in [1.807, 2.05) is 61.2 Å². The van der Waals surface area contributed by atoms with Crippen molar-refractivity contribution >= 4 is 41.5 Å². The standard InChI is InChI=1S/C23H30N4O3.HI/c1-4-24-23(25-15-17(2)30-21-12-8-7-11-20(21)29-3)26-16-22(28)27-14-13-18-9-5-6-10-19(18)27;/h5-12,17H,4,13-16H2,1-3H3,(H2,24,25,26);1H. The fraction of sp³-hybridized carbons (Fsp3) is 0.391. The van der Waals surface area contributed by atoms with E-state index in [-0.39, 0.29) is 42.5 Å². The van der Waals surface area contributed by atoms with Gasteiger partial charge in [0.25, 0.3) is 0 Å². The molecule has 0 fully saturated rings. The molecule has 1 unspecified atom stereocenters. The Morgan fingerprint density at radius 3 is 2.58 bits per heavy atom. The fourth-order valence-electron chi connectivity index (χ4n) is 3.39.